The van der Waals surface area contributed by atoms with Gasteiger partial charge in [-0.25, -0.2) is 4.99 Å². The first-order valence-electron chi connectivity index (χ1n) is 8.76. The Morgan fingerprint density at radius 3 is 2.50 bits per heavy atom. The van der Waals surface area contributed by atoms with Crippen LogP contribution < -0.4 is 5.32 Å². The molecular weight excluding hydrogens is 419 g/mol. The Morgan fingerprint density at radius 2 is 1.96 bits per heavy atom. The van der Waals surface area contributed by atoms with Gasteiger partial charge in [0, 0.05) is 46.3 Å². The molecule has 6 nitrogen and oxygen atoms in total. The van der Waals surface area contributed by atoms with E-state index in [0.29, 0.717) is 17.8 Å². The van der Waals surface area contributed by atoms with Gasteiger partial charge in [0.25, 0.3) is 0 Å². The molecule has 0 aromatic carbocycles. The predicted molar refractivity (Wildman–Crippen MR) is 108 cm³/mol. The predicted octanol–water partition coefficient (Wildman–Crippen LogP) is 1.65. The number of rotatable bonds is 4. The first-order valence-corrected chi connectivity index (χ1v) is 8.76. The third-order valence-corrected chi connectivity index (χ3v) is 4.60. The van der Waals surface area contributed by atoms with Crippen molar-refractivity contribution in [1.82, 2.24) is 15.1 Å². The minimum Gasteiger partial charge on any atom is -0.381 e. The number of nitrogens with one attached hydrogen (secondary N) is 1. The minimum absolute atomic E-state index is 0. The van der Waals surface area contributed by atoms with Crippen LogP contribution in [0.1, 0.15) is 26.7 Å². The highest BCUT2D eigenvalue weighted by atomic mass is 127. The van der Waals surface area contributed by atoms with Gasteiger partial charge >= 0.3 is 0 Å². The van der Waals surface area contributed by atoms with E-state index in [2.05, 4.69) is 29.1 Å². The molecule has 1 N–H and O–H groups in total. The Kier molecular flexibility index (Phi) is 9.33. The first kappa shape index (κ1) is 21.5. The van der Waals surface area contributed by atoms with Gasteiger partial charge in [0.05, 0.1) is 6.61 Å². The van der Waals surface area contributed by atoms with Crippen molar-refractivity contribution in [3.8, 4) is 0 Å². The highest BCUT2D eigenvalue weighted by Crippen LogP contribution is 2.21. The zero-order chi connectivity index (χ0) is 16.8. The van der Waals surface area contributed by atoms with E-state index in [0.717, 1.165) is 45.2 Å². The Bertz CT molecular complexity index is 415. The maximum atomic E-state index is 11.9. The Morgan fingerprint density at radius 1 is 1.29 bits per heavy atom. The second-order valence-electron chi connectivity index (χ2n) is 7.39. The highest BCUT2D eigenvalue weighted by molar-refractivity contribution is 14.0. The number of ether oxygens (including phenoxy) is 1. The number of piperidine rings is 1. The molecule has 24 heavy (non-hydrogen) atoms. The van der Waals surface area contributed by atoms with Crippen molar-refractivity contribution in [1.29, 1.82) is 0 Å². The molecule has 0 aliphatic carbocycles. The number of amides is 1. The van der Waals surface area contributed by atoms with Crippen LogP contribution in [0.2, 0.25) is 0 Å². The smallest absolute Gasteiger partial charge is 0.243 e. The summed E-state index contributed by atoms with van der Waals surface area (Å²) in [6.45, 7) is 9.34. The molecule has 2 fully saturated rings. The van der Waals surface area contributed by atoms with Crippen molar-refractivity contribution in [2.45, 2.75) is 26.7 Å². The Hall–Kier alpha value is -0.570. The van der Waals surface area contributed by atoms with E-state index >= 15 is 0 Å². The van der Waals surface area contributed by atoms with Gasteiger partial charge < -0.3 is 19.9 Å². The number of guanidine groups is 1. The van der Waals surface area contributed by atoms with Gasteiger partial charge in [-0.3, -0.25) is 4.79 Å². The number of likely N-dealkylation sites (tertiary alicyclic amines) is 1. The van der Waals surface area contributed by atoms with Crippen LogP contribution in [-0.2, 0) is 9.53 Å². The number of carbonyl (C=O) groups is 1. The van der Waals surface area contributed by atoms with Crippen LogP contribution >= 0.6 is 24.0 Å². The van der Waals surface area contributed by atoms with Gasteiger partial charge in [-0.1, -0.05) is 13.8 Å². The molecule has 7 heteroatoms. The average molecular weight is 452 g/mol. The van der Waals surface area contributed by atoms with E-state index in [4.69, 9.17) is 4.74 Å². The van der Waals surface area contributed by atoms with Gasteiger partial charge in [-0.15, -0.1) is 24.0 Å². The van der Waals surface area contributed by atoms with E-state index in [-0.39, 0.29) is 36.4 Å². The van der Waals surface area contributed by atoms with Crippen LogP contribution in [0.25, 0.3) is 0 Å². The molecule has 3 atom stereocenters. The topological polar surface area (TPSA) is 57.2 Å². The molecule has 0 aromatic heterocycles. The normalized spacial score (nSPS) is 27.6. The number of halogens is 1. The number of aliphatic imine (C=N–C) groups is 1. The van der Waals surface area contributed by atoms with Crippen molar-refractivity contribution in [3.05, 3.63) is 0 Å². The van der Waals surface area contributed by atoms with Crippen LogP contribution in [0.3, 0.4) is 0 Å². The second-order valence-corrected chi connectivity index (χ2v) is 7.39. The fourth-order valence-electron chi connectivity index (χ4n) is 3.37. The third-order valence-electron chi connectivity index (χ3n) is 4.60. The number of likely N-dealkylation sites (N-methyl/N-ethyl adjacent to an activating group) is 1. The first-order chi connectivity index (χ1) is 11.0. The number of nitrogens with zero attached hydrogens (tertiary/aromatic N) is 3. The van der Waals surface area contributed by atoms with Gasteiger partial charge in [0.2, 0.25) is 5.91 Å². The molecule has 2 aliphatic heterocycles. The van der Waals surface area contributed by atoms with E-state index in [1.54, 1.807) is 19.0 Å². The molecule has 2 heterocycles. The largest absolute Gasteiger partial charge is 0.381 e. The number of hydrogen-bond donors (Lipinski definition) is 1. The molecule has 2 rings (SSSR count). The molecule has 0 bridgehead atoms. The maximum absolute atomic E-state index is 11.9. The van der Waals surface area contributed by atoms with Crippen LogP contribution in [0.5, 0.6) is 0 Å². The summed E-state index contributed by atoms with van der Waals surface area (Å²) in [5.41, 5.74) is 0. The lowest BCUT2D eigenvalue weighted by Crippen LogP contribution is -2.49. The fourth-order valence-corrected chi connectivity index (χ4v) is 3.37. The molecule has 2 saturated heterocycles. The monoisotopic (exact) mass is 452 g/mol. The van der Waals surface area contributed by atoms with Crippen LogP contribution in [-0.4, -0.2) is 75.2 Å². The van der Waals surface area contributed by atoms with Crippen molar-refractivity contribution in [2.24, 2.45) is 22.7 Å². The van der Waals surface area contributed by atoms with Crippen LogP contribution in [0.4, 0.5) is 0 Å². The van der Waals surface area contributed by atoms with E-state index in [1.807, 2.05) is 0 Å². The van der Waals surface area contributed by atoms with Crippen molar-refractivity contribution >= 4 is 35.8 Å². The van der Waals surface area contributed by atoms with Gasteiger partial charge in [-0.05, 0) is 24.7 Å². The molecule has 0 radical (unpaired) electrons. The number of hydrogen-bond acceptors (Lipinski definition) is 3. The van der Waals surface area contributed by atoms with Crippen molar-refractivity contribution in [3.63, 3.8) is 0 Å². The molecule has 2 aliphatic rings. The summed E-state index contributed by atoms with van der Waals surface area (Å²) in [5, 5.41) is 3.49. The lowest BCUT2D eigenvalue weighted by molar-refractivity contribution is -0.127. The average Bonchev–Trinajstić information content (AvgIpc) is 2.99. The van der Waals surface area contributed by atoms with Crippen molar-refractivity contribution < 1.29 is 9.53 Å². The summed E-state index contributed by atoms with van der Waals surface area (Å²) >= 11 is 0. The van der Waals surface area contributed by atoms with E-state index in [9.17, 15) is 4.79 Å². The van der Waals surface area contributed by atoms with Crippen LogP contribution in [0, 0.1) is 17.8 Å². The summed E-state index contributed by atoms with van der Waals surface area (Å²) in [6, 6.07) is 0. The summed E-state index contributed by atoms with van der Waals surface area (Å²) < 4.78 is 5.44. The third kappa shape index (κ3) is 6.74. The SMILES string of the molecule is CC1CC(C)CN(C(=NCC(=O)N(C)C)NCC2CCOC2)C1.I. The van der Waals surface area contributed by atoms with E-state index in [1.165, 1.54) is 6.42 Å². The highest BCUT2D eigenvalue weighted by Gasteiger charge is 2.25. The quantitative estimate of drug-likeness (QED) is 0.401. The molecule has 3 unspecified atom stereocenters. The molecule has 0 spiro atoms. The number of carbonyl (C=O) groups excluding carboxylic acids is 1. The summed E-state index contributed by atoms with van der Waals surface area (Å²) in [4.78, 5) is 20.4. The van der Waals surface area contributed by atoms with Gasteiger partial charge in [0.15, 0.2) is 5.96 Å². The minimum atomic E-state index is 0. The Balaban J connectivity index is 0.00000288. The van der Waals surface area contributed by atoms with Crippen LogP contribution in [0.15, 0.2) is 4.99 Å². The molecular formula is C17H33IN4O2. The maximum Gasteiger partial charge on any atom is 0.243 e. The molecule has 0 aromatic rings. The summed E-state index contributed by atoms with van der Waals surface area (Å²) in [6.07, 6.45) is 2.36. The second kappa shape index (κ2) is 10.4. The summed E-state index contributed by atoms with van der Waals surface area (Å²) in [7, 11) is 3.54. The zero-order valence-corrected chi connectivity index (χ0v) is 17.8. The molecule has 0 saturated carbocycles. The van der Waals surface area contributed by atoms with E-state index < -0.39 is 0 Å². The zero-order valence-electron chi connectivity index (χ0n) is 15.5. The lowest BCUT2D eigenvalue weighted by Gasteiger charge is -2.37. The standard InChI is InChI=1S/C17H32N4O2.HI/c1-13-7-14(2)11-21(10-13)17(19-9-16(22)20(3)4)18-8-15-5-6-23-12-15;/h13-15H,5-12H2,1-4H3,(H,18,19);1H. The summed E-state index contributed by atoms with van der Waals surface area (Å²) in [5.74, 6) is 2.77. The van der Waals surface area contributed by atoms with Gasteiger partial charge in [0.1, 0.15) is 6.54 Å². The van der Waals surface area contributed by atoms with Crippen molar-refractivity contribution in [2.75, 3.05) is 53.5 Å². The molecule has 1 amide bonds. The van der Waals surface area contributed by atoms with Gasteiger partial charge in [-0.2, -0.15) is 0 Å². The lowest BCUT2D eigenvalue weighted by atomic mass is 9.92. The molecule has 140 valence electrons. The Labute approximate surface area is 163 Å². The fraction of sp³-hybridized carbons (Fsp3) is 0.882.